The van der Waals surface area contributed by atoms with Gasteiger partial charge in [-0.2, -0.15) is 0 Å². The topological polar surface area (TPSA) is 29.5 Å². The number of aliphatic hydroxyl groups is 1. The minimum Gasteiger partial charge on any atom is -0.396 e. The highest BCUT2D eigenvalue weighted by atomic mass is 16.5. The maximum absolute atomic E-state index is 8.97. The predicted octanol–water partition coefficient (Wildman–Crippen LogP) is 1.43. The number of aliphatic hydroxyl groups excluding tert-OH is 1. The summed E-state index contributed by atoms with van der Waals surface area (Å²) >= 11 is 0. The molecule has 0 heterocycles. The number of hydrogen-bond acceptors (Lipinski definition) is 2. The van der Waals surface area contributed by atoms with Crippen molar-refractivity contribution in [1.29, 1.82) is 0 Å². The summed E-state index contributed by atoms with van der Waals surface area (Å²) in [5.41, 5.74) is -0.0243. The summed E-state index contributed by atoms with van der Waals surface area (Å²) in [5, 5.41) is 8.97. The van der Waals surface area contributed by atoms with Crippen molar-refractivity contribution in [3.63, 3.8) is 0 Å². The van der Waals surface area contributed by atoms with E-state index < -0.39 is 0 Å². The Balaban J connectivity index is 3.69. The van der Waals surface area contributed by atoms with Gasteiger partial charge in [0.1, 0.15) is 0 Å². The molecular formula is C8H18O2. The van der Waals surface area contributed by atoms with Crippen LogP contribution in [0.3, 0.4) is 0 Å². The SMILES string of the molecule is CCCC(C)(CO)COC. The van der Waals surface area contributed by atoms with Gasteiger partial charge in [-0.3, -0.25) is 0 Å². The van der Waals surface area contributed by atoms with Crippen LogP contribution in [0.4, 0.5) is 0 Å². The second-order valence-electron chi connectivity index (χ2n) is 3.15. The van der Waals surface area contributed by atoms with E-state index in [0.717, 1.165) is 12.8 Å². The third kappa shape index (κ3) is 3.18. The minimum absolute atomic E-state index is 0.0243. The first-order valence-corrected chi connectivity index (χ1v) is 3.78. The molecule has 10 heavy (non-hydrogen) atoms. The molecule has 0 saturated carbocycles. The van der Waals surface area contributed by atoms with Gasteiger partial charge in [-0.05, 0) is 6.42 Å². The lowest BCUT2D eigenvalue weighted by Crippen LogP contribution is -2.26. The number of ether oxygens (including phenoxy) is 1. The van der Waals surface area contributed by atoms with Crippen molar-refractivity contribution >= 4 is 0 Å². The Morgan fingerprint density at radius 2 is 2.10 bits per heavy atom. The van der Waals surface area contributed by atoms with Gasteiger partial charge >= 0.3 is 0 Å². The molecule has 0 aliphatic heterocycles. The van der Waals surface area contributed by atoms with Crippen LogP contribution in [-0.2, 0) is 4.74 Å². The van der Waals surface area contributed by atoms with E-state index in [0.29, 0.717) is 6.61 Å². The smallest absolute Gasteiger partial charge is 0.0537 e. The molecule has 0 aliphatic carbocycles. The molecule has 0 aliphatic rings. The summed E-state index contributed by atoms with van der Waals surface area (Å²) in [6.45, 7) is 5.02. The molecular weight excluding hydrogens is 128 g/mol. The second kappa shape index (κ2) is 4.69. The Labute approximate surface area is 63.2 Å². The van der Waals surface area contributed by atoms with Crippen LogP contribution in [0.1, 0.15) is 26.7 Å². The Morgan fingerprint density at radius 1 is 1.50 bits per heavy atom. The molecule has 0 saturated heterocycles. The third-order valence-corrected chi connectivity index (χ3v) is 1.73. The van der Waals surface area contributed by atoms with Gasteiger partial charge in [0.2, 0.25) is 0 Å². The number of methoxy groups -OCH3 is 1. The lowest BCUT2D eigenvalue weighted by molar-refractivity contribution is 0.0359. The lowest BCUT2D eigenvalue weighted by atomic mass is 9.88. The van der Waals surface area contributed by atoms with Gasteiger partial charge < -0.3 is 9.84 Å². The van der Waals surface area contributed by atoms with E-state index in [1.807, 2.05) is 6.92 Å². The van der Waals surface area contributed by atoms with Crippen LogP contribution < -0.4 is 0 Å². The summed E-state index contributed by atoms with van der Waals surface area (Å²) in [5.74, 6) is 0. The molecule has 2 heteroatoms. The zero-order valence-electron chi connectivity index (χ0n) is 7.18. The summed E-state index contributed by atoms with van der Waals surface area (Å²) < 4.78 is 4.99. The normalized spacial score (nSPS) is 16.8. The van der Waals surface area contributed by atoms with Gasteiger partial charge in [-0.25, -0.2) is 0 Å². The molecule has 0 aromatic carbocycles. The molecule has 0 amide bonds. The average molecular weight is 146 g/mol. The number of hydrogen-bond donors (Lipinski definition) is 1. The molecule has 0 spiro atoms. The van der Waals surface area contributed by atoms with Gasteiger partial charge in [0.25, 0.3) is 0 Å². The predicted molar refractivity (Wildman–Crippen MR) is 42.0 cm³/mol. The van der Waals surface area contributed by atoms with Gasteiger partial charge in [-0.15, -0.1) is 0 Å². The molecule has 1 N–H and O–H groups in total. The first-order chi connectivity index (χ1) is 4.68. The van der Waals surface area contributed by atoms with Crippen molar-refractivity contribution < 1.29 is 9.84 Å². The fraction of sp³-hybridized carbons (Fsp3) is 1.00. The highest BCUT2D eigenvalue weighted by Crippen LogP contribution is 2.21. The molecule has 2 nitrogen and oxygen atoms in total. The van der Waals surface area contributed by atoms with E-state index in [9.17, 15) is 0 Å². The molecule has 0 fully saturated rings. The summed E-state index contributed by atoms with van der Waals surface area (Å²) in [7, 11) is 1.67. The minimum atomic E-state index is -0.0243. The van der Waals surface area contributed by atoms with Crippen molar-refractivity contribution in [1.82, 2.24) is 0 Å². The standard InChI is InChI=1S/C8H18O2/c1-4-5-8(2,6-9)7-10-3/h9H,4-7H2,1-3H3. The van der Waals surface area contributed by atoms with Crippen LogP contribution in [-0.4, -0.2) is 25.4 Å². The largest absolute Gasteiger partial charge is 0.396 e. The van der Waals surface area contributed by atoms with Crippen LogP contribution in [0.5, 0.6) is 0 Å². The summed E-state index contributed by atoms with van der Waals surface area (Å²) in [6.07, 6.45) is 2.12. The van der Waals surface area contributed by atoms with Crippen LogP contribution in [0.2, 0.25) is 0 Å². The molecule has 0 aromatic heterocycles. The van der Waals surface area contributed by atoms with Crippen molar-refractivity contribution in [3.8, 4) is 0 Å². The fourth-order valence-electron chi connectivity index (χ4n) is 1.15. The van der Waals surface area contributed by atoms with Crippen molar-refractivity contribution in [2.24, 2.45) is 5.41 Å². The molecule has 62 valence electrons. The lowest BCUT2D eigenvalue weighted by Gasteiger charge is -2.25. The van der Waals surface area contributed by atoms with Crippen molar-refractivity contribution in [2.45, 2.75) is 26.7 Å². The summed E-state index contributed by atoms with van der Waals surface area (Å²) in [6, 6.07) is 0. The van der Waals surface area contributed by atoms with E-state index in [1.54, 1.807) is 7.11 Å². The van der Waals surface area contributed by atoms with E-state index >= 15 is 0 Å². The Morgan fingerprint density at radius 3 is 2.40 bits per heavy atom. The zero-order valence-corrected chi connectivity index (χ0v) is 7.18. The average Bonchev–Trinajstić information content (AvgIpc) is 1.89. The van der Waals surface area contributed by atoms with Gasteiger partial charge in [-0.1, -0.05) is 20.3 Å². The Kier molecular flexibility index (Phi) is 4.65. The monoisotopic (exact) mass is 146 g/mol. The van der Waals surface area contributed by atoms with Gasteiger partial charge in [0, 0.05) is 12.5 Å². The first-order valence-electron chi connectivity index (χ1n) is 3.78. The van der Waals surface area contributed by atoms with Crippen LogP contribution in [0.25, 0.3) is 0 Å². The highest BCUT2D eigenvalue weighted by molar-refractivity contribution is 4.71. The van der Waals surface area contributed by atoms with Crippen molar-refractivity contribution in [2.75, 3.05) is 20.3 Å². The molecule has 1 unspecified atom stereocenters. The van der Waals surface area contributed by atoms with Gasteiger partial charge in [0.15, 0.2) is 0 Å². The maximum Gasteiger partial charge on any atom is 0.0537 e. The fourth-order valence-corrected chi connectivity index (χ4v) is 1.15. The molecule has 0 radical (unpaired) electrons. The van der Waals surface area contributed by atoms with E-state index in [4.69, 9.17) is 9.84 Å². The Bertz CT molecular complexity index is 75.3. The van der Waals surface area contributed by atoms with E-state index in [-0.39, 0.29) is 12.0 Å². The first kappa shape index (κ1) is 9.92. The van der Waals surface area contributed by atoms with E-state index in [2.05, 4.69) is 6.92 Å². The number of rotatable bonds is 5. The van der Waals surface area contributed by atoms with Gasteiger partial charge in [0.05, 0.1) is 13.2 Å². The third-order valence-electron chi connectivity index (χ3n) is 1.73. The Hall–Kier alpha value is -0.0800. The second-order valence-corrected chi connectivity index (χ2v) is 3.15. The molecule has 0 rings (SSSR count). The molecule has 0 aromatic rings. The summed E-state index contributed by atoms with van der Waals surface area (Å²) in [4.78, 5) is 0. The molecule has 0 bridgehead atoms. The maximum atomic E-state index is 8.97. The quantitative estimate of drug-likeness (QED) is 0.635. The van der Waals surface area contributed by atoms with Crippen LogP contribution >= 0.6 is 0 Å². The van der Waals surface area contributed by atoms with Crippen molar-refractivity contribution in [3.05, 3.63) is 0 Å². The highest BCUT2D eigenvalue weighted by Gasteiger charge is 2.21. The molecule has 1 atom stereocenters. The zero-order chi connectivity index (χ0) is 8.04. The van der Waals surface area contributed by atoms with Crippen LogP contribution in [0, 0.1) is 5.41 Å². The van der Waals surface area contributed by atoms with Crippen LogP contribution in [0.15, 0.2) is 0 Å². The van der Waals surface area contributed by atoms with E-state index in [1.165, 1.54) is 0 Å².